The van der Waals surface area contributed by atoms with Crippen molar-refractivity contribution in [2.75, 3.05) is 12.9 Å². The Hall–Kier alpha value is -3.00. The molecule has 0 bridgehead atoms. The number of benzene rings is 2. The monoisotopic (exact) mass is 425 g/mol. The minimum Gasteiger partial charge on any atom is -0.496 e. The van der Waals surface area contributed by atoms with Gasteiger partial charge in [0.05, 0.1) is 7.11 Å². The maximum Gasteiger partial charge on any atom is 0.256 e. The molecule has 156 valence electrons. The number of nitrogens with one attached hydrogen (secondary N) is 2. The van der Waals surface area contributed by atoms with Gasteiger partial charge in [-0.3, -0.25) is 14.4 Å². The Bertz CT molecular complexity index is 996. The summed E-state index contributed by atoms with van der Waals surface area (Å²) in [6.45, 7) is 1.93. The molecule has 2 aliphatic heterocycles. The van der Waals surface area contributed by atoms with Crippen LogP contribution in [0.4, 0.5) is 0 Å². The predicted octanol–water partition coefficient (Wildman–Crippen LogP) is 2.09. The number of hydrogen-bond acceptors (Lipinski definition) is 5. The zero-order valence-corrected chi connectivity index (χ0v) is 17.6. The number of amides is 3. The standard InChI is InChI=1S/C22H23N3O4S/c1-13(19(26)23-11-14-7-3-6-10-18(14)29-2)24-20(27)17-12-30-22-16-9-5-4-8-15(16)21(28)25(17)22/h3-10,13,17,22H,11-12H2,1-2H3,(H,23,26)(H,24,27). The van der Waals surface area contributed by atoms with Gasteiger partial charge in [0.2, 0.25) is 11.8 Å². The highest BCUT2D eigenvalue weighted by Crippen LogP contribution is 2.48. The quantitative estimate of drug-likeness (QED) is 0.740. The fraction of sp³-hybridized carbons (Fsp3) is 0.318. The van der Waals surface area contributed by atoms with Gasteiger partial charge in [-0.2, -0.15) is 0 Å². The molecule has 0 aromatic heterocycles. The topological polar surface area (TPSA) is 87.7 Å². The van der Waals surface area contributed by atoms with Gasteiger partial charge in [-0.05, 0) is 24.6 Å². The third-order valence-electron chi connectivity index (χ3n) is 5.39. The van der Waals surface area contributed by atoms with E-state index in [9.17, 15) is 14.4 Å². The molecule has 2 aromatic rings. The summed E-state index contributed by atoms with van der Waals surface area (Å²) in [5.74, 6) is 0.454. The number of carbonyl (C=O) groups is 3. The SMILES string of the molecule is COc1ccccc1CNC(=O)C(C)NC(=O)C1CSC2c3ccccc3C(=O)N12. The van der Waals surface area contributed by atoms with Crippen molar-refractivity contribution in [2.24, 2.45) is 0 Å². The van der Waals surface area contributed by atoms with Crippen molar-refractivity contribution in [1.82, 2.24) is 15.5 Å². The first-order valence-electron chi connectivity index (χ1n) is 9.74. The van der Waals surface area contributed by atoms with Gasteiger partial charge in [0.25, 0.3) is 5.91 Å². The van der Waals surface area contributed by atoms with Crippen LogP contribution in [-0.2, 0) is 16.1 Å². The molecule has 30 heavy (non-hydrogen) atoms. The number of nitrogens with zero attached hydrogens (tertiary/aromatic N) is 1. The van der Waals surface area contributed by atoms with E-state index in [0.29, 0.717) is 23.6 Å². The normalized spacial score (nSPS) is 20.3. The lowest BCUT2D eigenvalue weighted by Gasteiger charge is -2.24. The molecule has 0 spiro atoms. The number of methoxy groups -OCH3 is 1. The van der Waals surface area contributed by atoms with E-state index < -0.39 is 12.1 Å². The average Bonchev–Trinajstić information content (AvgIpc) is 3.32. The van der Waals surface area contributed by atoms with E-state index in [0.717, 1.165) is 11.1 Å². The first-order chi connectivity index (χ1) is 14.5. The van der Waals surface area contributed by atoms with Crippen LogP contribution in [-0.4, -0.2) is 47.6 Å². The molecule has 3 atom stereocenters. The first kappa shape index (κ1) is 20.3. The number of carbonyl (C=O) groups excluding carboxylic acids is 3. The van der Waals surface area contributed by atoms with Gasteiger partial charge in [-0.25, -0.2) is 0 Å². The zero-order valence-electron chi connectivity index (χ0n) is 16.8. The van der Waals surface area contributed by atoms with Crippen LogP contribution in [0.3, 0.4) is 0 Å². The van der Waals surface area contributed by atoms with Gasteiger partial charge < -0.3 is 20.3 Å². The van der Waals surface area contributed by atoms with Crippen molar-refractivity contribution in [3.63, 3.8) is 0 Å². The molecular weight excluding hydrogens is 402 g/mol. The molecule has 2 N–H and O–H groups in total. The molecule has 2 heterocycles. The highest BCUT2D eigenvalue weighted by molar-refractivity contribution is 7.99. The van der Waals surface area contributed by atoms with E-state index in [2.05, 4.69) is 10.6 Å². The molecule has 1 saturated heterocycles. The summed E-state index contributed by atoms with van der Waals surface area (Å²) in [6.07, 6.45) is 0. The summed E-state index contributed by atoms with van der Waals surface area (Å²) in [5.41, 5.74) is 2.45. The first-order valence-corrected chi connectivity index (χ1v) is 10.8. The molecule has 0 aliphatic carbocycles. The Morgan fingerprint density at radius 2 is 1.93 bits per heavy atom. The predicted molar refractivity (Wildman–Crippen MR) is 114 cm³/mol. The highest BCUT2D eigenvalue weighted by Gasteiger charge is 2.48. The van der Waals surface area contributed by atoms with Gasteiger partial charge in [0.15, 0.2) is 0 Å². The molecule has 7 nitrogen and oxygen atoms in total. The Morgan fingerprint density at radius 1 is 1.20 bits per heavy atom. The lowest BCUT2D eigenvalue weighted by atomic mass is 10.1. The summed E-state index contributed by atoms with van der Waals surface area (Å²) in [5, 5.41) is 5.44. The van der Waals surface area contributed by atoms with Crippen molar-refractivity contribution >= 4 is 29.5 Å². The number of thioether (sulfide) groups is 1. The summed E-state index contributed by atoms with van der Waals surface area (Å²) in [4.78, 5) is 39.7. The van der Waals surface area contributed by atoms with Crippen molar-refractivity contribution < 1.29 is 19.1 Å². The van der Waals surface area contributed by atoms with Crippen LogP contribution in [0.5, 0.6) is 5.75 Å². The molecule has 2 aliphatic rings. The number of ether oxygens (including phenoxy) is 1. The van der Waals surface area contributed by atoms with Gasteiger partial charge in [0.1, 0.15) is 23.2 Å². The highest BCUT2D eigenvalue weighted by atomic mass is 32.2. The third kappa shape index (κ3) is 3.63. The molecule has 0 saturated carbocycles. The van der Waals surface area contributed by atoms with E-state index in [1.165, 1.54) is 0 Å². The largest absolute Gasteiger partial charge is 0.496 e. The van der Waals surface area contributed by atoms with Gasteiger partial charge >= 0.3 is 0 Å². The van der Waals surface area contributed by atoms with Gasteiger partial charge in [-0.15, -0.1) is 11.8 Å². The second-order valence-electron chi connectivity index (χ2n) is 7.26. The molecule has 0 radical (unpaired) electrons. The van der Waals surface area contributed by atoms with E-state index >= 15 is 0 Å². The fourth-order valence-electron chi connectivity index (χ4n) is 3.80. The van der Waals surface area contributed by atoms with Crippen LogP contribution in [0.25, 0.3) is 0 Å². The van der Waals surface area contributed by atoms with Crippen LogP contribution in [0.1, 0.15) is 33.8 Å². The second kappa shape index (κ2) is 8.39. The van der Waals surface area contributed by atoms with Crippen LogP contribution in [0.2, 0.25) is 0 Å². The average molecular weight is 426 g/mol. The molecule has 4 rings (SSSR count). The van der Waals surface area contributed by atoms with Crippen molar-refractivity contribution in [3.05, 3.63) is 65.2 Å². The third-order valence-corrected chi connectivity index (χ3v) is 6.70. The van der Waals surface area contributed by atoms with E-state index in [1.807, 2.05) is 42.5 Å². The summed E-state index contributed by atoms with van der Waals surface area (Å²) < 4.78 is 5.29. The second-order valence-corrected chi connectivity index (χ2v) is 8.37. The van der Waals surface area contributed by atoms with E-state index in [1.54, 1.807) is 36.8 Å². The van der Waals surface area contributed by atoms with Crippen molar-refractivity contribution in [1.29, 1.82) is 0 Å². The molecule has 8 heteroatoms. The number of rotatable bonds is 6. The maximum atomic E-state index is 12.9. The van der Waals surface area contributed by atoms with E-state index in [4.69, 9.17) is 4.74 Å². The molecule has 2 aromatic carbocycles. The summed E-state index contributed by atoms with van der Waals surface area (Å²) in [6, 6.07) is 13.6. The van der Waals surface area contributed by atoms with Gasteiger partial charge in [0, 0.05) is 23.4 Å². The Labute approximate surface area is 179 Å². The minimum atomic E-state index is -0.726. The Morgan fingerprint density at radius 3 is 2.73 bits per heavy atom. The lowest BCUT2D eigenvalue weighted by Crippen LogP contribution is -2.52. The fourth-order valence-corrected chi connectivity index (χ4v) is 5.27. The van der Waals surface area contributed by atoms with Crippen molar-refractivity contribution in [3.8, 4) is 5.75 Å². The lowest BCUT2D eigenvalue weighted by molar-refractivity contribution is -0.130. The smallest absolute Gasteiger partial charge is 0.256 e. The van der Waals surface area contributed by atoms with Crippen LogP contribution in [0.15, 0.2) is 48.5 Å². The molecular formula is C22H23N3O4S. The van der Waals surface area contributed by atoms with Crippen LogP contribution < -0.4 is 15.4 Å². The molecule has 1 fully saturated rings. The summed E-state index contributed by atoms with van der Waals surface area (Å²) in [7, 11) is 1.58. The van der Waals surface area contributed by atoms with E-state index in [-0.39, 0.29) is 23.1 Å². The minimum absolute atomic E-state index is 0.131. The molecule has 3 unspecified atom stereocenters. The van der Waals surface area contributed by atoms with Crippen LogP contribution in [0, 0.1) is 0 Å². The Kier molecular flexibility index (Phi) is 5.67. The number of fused-ring (bicyclic) bond motifs is 3. The Balaban J connectivity index is 1.36. The summed E-state index contributed by atoms with van der Waals surface area (Å²) >= 11 is 1.57. The number of para-hydroxylation sites is 1. The van der Waals surface area contributed by atoms with Gasteiger partial charge in [-0.1, -0.05) is 36.4 Å². The maximum absolute atomic E-state index is 12.9. The number of hydrogen-bond donors (Lipinski definition) is 2. The van der Waals surface area contributed by atoms with Crippen molar-refractivity contribution in [2.45, 2.75) is 30.9 Å². The zero-order chi connectivity index (χ0) is 21.3. The van der Waals surface area contributed by atoms with Crippen LogP contribution >= 0.6 is 11.8 Å². The molecule has 3 amide bonds.